The first-order valence-electron chi connectivity index (χ1n) is 14.4. The third-order valence-electron chi connectivity index (χ3n) is 7.63. The van der Waals surface area contributed by atoms with E-state index in [0.717, 1.165) is 57.3 Å². The largest absolute Gasteiger partial charge is 0.497 e. The van der Waals surface area contributed by atoms with E-state index in [1.807, 2.05) is 6.07 Å². The average molecular weight is 546 g/mol. The summed E-state index contributed by atoms with van der Waals surface area (Å²) in [6.45, 7) is 8.43. The number of hydrogen-bond donors (Lipinski definition) is 2. The second kappa shape index (κ2) is 14.5. The molecule has 39 heavy (non-hydrogen) atoms. The number of hydrogen-bond acceptors (Lipinski definition) is 7. The summed E-state index contributed by atoms with van der Waals surface area (Å²) in [5.74, 6) is 0.610. The molecule has 0 saturated carbocycles. The Bertz CT molecular complexity index is 982. The van der Waals surface area contributed by atoms with Gasteiger partial charge in [-0.15, -0.1) is 0 Å². The van der Waals surface area contributed by atoms with Crippen molar-refractivity contribution in [3.05, 3.63) is 23.3 Å². The molecular formula is C30H47N3O6. The van der Waals surface area contributed by atoms with E-state index in [4.69, 9.17) is 14.2 Å². The van der Waals surface area contributed by atoms with E-state index >= 15 is 0 Å². The van der Waals surface area contributed by atoms with Crippen LogP contribution in [0.4, 0.5) is 4.79 Å². The lowest BCUT2D eigenvalue weighted by molar-refractivity contribution is -0.127. The molecular weight excluding hydrogens is 498 g/mol. The van der Waals surface area contributed by atoms with Crippen molar-refractivity contribution in [3.8, 4) is 11.5 Å². The van der Waals surface area contributed by atoms with Crippen molar-refractivity contribution >= 4 is 17.9 Å². The van der Waals surface area contributed by atoms with Gasteiger partial charge in [-0.25, -0.2) is 9.59 Å². The fourth-order valence-corrected chi connectivity index (χ4v) is 5.19. The zero-order valence-corrected chi connectivity index (χ0v) is 24.4. The number of nitrogens with one attached hydrogen (secondary N) is 2. The van der Waals surface area contributed by atoms with Gasteiger partial charge in [0.05, 0.1) is 14.2 Å². The minimum absolute atomic E-state index is 0.124. The van der Waals surface area contributed by atoms with Gasteiger partial charge in [0, 0.05) is 36.2 Å². The number of piperidine rings is 1. The normalized spacial score (nSPS) is 17.9. The summed E-state index contributed by atoms with van der Waals surface area (Å²) in [5, 5.41) is 5.39. The maximum absolute atomic E-state index is 12.4. The number of rotatable bonds is 13. The van der Waals surface area contributed by atoms with Crippen LogP contribution in [0.3, 0.4) is 0 Å². The predicted molar refractivity (Wildman–Crippen MR) is 150 cm³/mol. The number of methoxy groups -OCH3 is 2. The summed E-state index contributed by atoms with van der Waals surface area (Å²) in [6.07, 6.45) is 10.6. The zero-order valence-electron chi connectivity index (χ0n) is 24.4. The van der Waals surface area contributed by atoms with Crippen LogP contribution in [-0.2, 0) is 9.53 Å². The molecule has 3 amide bonds. The number of urea groups is 1. The quantitative estimate of drug-likeness (QED) is 0.253. The average Bonchev–Trinajstić information content (AvgIpc) is 3.22. The van der Waals surface area contributed by atoms with Gasteiger partial charge in [-0.1, -0.05) is 52.9 Å². The number of amides is 3. The monoisotopic (exact) mass is 545 g/mol. The van der Waals surface area contributed by atoms with Crippen LogP contribution in [0.5, 0.6) is 11.5 Å². The van der Waals surface area contributed by atoms with Crippen molar-refractivity contribution < 1.29 is 28.6 Å². The van der Waals surface area contributed by atoms with Gasteiger partial charge in [-0.2, -0.15) is 0 Å². The van der Waals surface area contributed by atoms with Crippen LogP contribution in [0, 0.1) is 5.41 Å². The van der Waals surface area contributed by atoms with Crippen molar-refractivity contribution in [1.82, 2.24) is 15.5 Å². The number of imide groups is 1. The molecule has 2 aliphatic rings. The van der Waals surface area contributed by atoms with Gasteiger partial charge < -0.3 is 24.4 Å². The minimum Gasteiger partial charge on any atom is -0.497 e. The van der Waals surface area contributed by atoms with E-state index in [0.29, 0.717) is 17.1 Å². The van der Waals surface area contributed by atoms with Crippen molar-refractivity contribution in [3.63, 3.8) is 0 Å². The first-order valence-corrected chi connectivity index (χ1v) is 14.4. The molecule has 1 fully saturated rings. The van der Waals surface area contributed by atoms with E-state index in [1.54, 1.807) is 41.1 Å². The lowest BCUT2D eigenvalue weighted by Gasteiger charge is -2.32. The third kappa shape index (κ3) is 9.12. The molecule has 0 radical (unpaired) electrons. The summed E-state index contributed by atoms with van der Waals surface area (Å²) in [7, 11) is 3.16. The fourth-order valence-electron chi connectivity index (χ4n) is 5.19. The summed E-state index contributed by atoms with van der Waals surface area (Å²) in [4.78, 5) is 38.9. The summed E-state index contributed by atoms with van der Waals surface area (Å²) in [5.41, 5.74) is 0.820. The van der Waals surface area contributed by atoms with E-state index in [9.17, 15) is 14.4 Å². The molecule has 2 aliphatic heterocycles. The molecule has 2 heterocycles. The second-order valence-corrected chi connectivity index (χ2v) is 11.7. The Hall–Kier alpha value is -2.81. The topological polar surface area (TPSA) is 106 Å². The summed E-state index contributed by atoms with van der Waals surface area (Å²) >= 11 is 0. The minimum atomic E-state index is -0.579. The molecule has 3 rings (SSSR count). The Kier molecular flexibility index (Phi) is 11.5. The molecule has 1 saturated heterocycles. The zero-order chi connectivity index (χ0) is 28.4. The molecule has 0 unspecified atom stereocenters. The number of cyclic esters (lactones) is 1. The molecule has 1 atom stereocenters. The van der Waals surface area contributed by atoms with Crippen LogP contribution in [-0.4, -0.2) is 62.7 Å². The second-order valence-electron chi connectivity index (χ2n) is 11.7. The van der Waals surface area contributed by atoms with Gasteiger partial charge in [-0.05, 0) is 44.7 Å². The highest BCUT2D eigenvalue weighted by molar-refractivity contribution is 5.97. The highest BCUT2D eigenvalue weighted by Gasteiger charge is 2.34. The smallest absolute Gasteiger partial charge is 0.342 e. The number of unbranched alkanes of at least 4 members (excludes halogenated alkanes) is 6. The van der Waals surface area contributed by atoms with Gasteiger partial charge in [0.15, 0.2) is 0 Å². The molecule has 9 heteroatoms. The van der Waals surface area contributed by atoms with Crippen molar-refractivity contribution in [1.29, 1.82) is 0 Å². The van der Waals surface area contributed by atoms with Gasteiger partial charge in [0.2, 0.25) is 5.91 Å². The van der Waals surface area contributed by atoms with Gasteiger partial charge >= 0.3 is 12.0 Å². The Morgan fingerprint density at radius 2 is 1.62 bits per heavy atom. The Labute approximate surface area is 233 Å². The molecule has 1 aromatic rings. The van der Waals surface area contributed by atoms with Gasteiger partial charge in [-0.3, -0.25) is 10.1 Å². The van der Waals surface area contributed by atoms with Gasteiger partial charge in [0.1, 0.15) is 23.2 Å². The number of esters is 1. The Balaban J connectivity index is 1.22. The number of ether oxygens (including phenoxy) is 3. The number of carbonyl (C=O) groups excluding carboxylic acids is 3. The molecule has 0 spiro atoms. The molecule has 1 aromatic carbocycles. The van der Waals surface area contributed by atoms with Crippen LogP contribution in [0.2, 0.25) is 0 Å². The maximum Gasteiger partial charge on any atom is 0.342 e. The molecule has 2 N–H and O–H groups in total. The molecule has 9 nitrogen and oxygen atoms in total. The van der Waals surface area contributed by atoms with Crippen LogP contribution in [0.15, 0.2) is 12.1 Å². The summed E-state index contributed by atoms with van der Waals surface area (Å²) < 4.78 is 16.4. The van der Waals surface area contributed by atoms with Crippen molar-refractivity contribution in [2.45, 2.75) is 97.1 Å². The van der Waals surface area contributed by atoms with Crippen LogP contribution in [0.25, 0.3) is 0 Å². The SMILES string of the molecule is COc1cc(OC)c2c(c1)[C@@H](CCCCCCCCCN1CCC(NC(=O)NC(=O)C(C)(C)C)CC1)OC2=O. The fraction of sp³-hybridized carbons (Fsp3) is 0.700. The maximum atomic E-state index is 12.4. The van der Waals surface area contributed by atoms with Gasteiger partial charge in [0.25, 0.3) is 0 Å². The van der Waals surface area contributed by atoms with Crippen LogP contribution in [0.1, 0.15) is 107 Å². The Morgan fingerprint density at radius 1 is 0.974 bits per heavy atom. The molecule has 0 aromatic heterocycles. The molecule has 0 aliphatic carbocycles. The number of benzene rings is 1. The molecule has 218 valence electrons. The lowest BCUT2D eigenvalue weighted by Crippen LogP contribution is -2.51. The van der Waals surface area contributed by atoms with Crippen molar-refractivity contribution in [2.24, 2.45) is 5.41 Å². The number of nitrogens with zero attached hydrogens (tertiary/aromatic N) is 1. The van der Waals surface area contributed by atoms with E-state index in [1.165, 1.54) is 32.1 Å². The number of likely N-dealkylation sites (tertiary alicyclic amines) is 1. The Morgan fingerprint density at radius 3 is 2.23 bits per heavy atom. The highest BCUT2D eigenvalue weighted by atomic mass is 16.6. The van der Waals surface area contributed by atoms with E-state index < -0.39 is 5.41 Å². The van der Waals surface area contributed by atoms with Crippen LogP contribution < -0.4 is 20.1 Å². The summed E-state index contributed by atoms with van der Waals surface area (Å²) in [6, 6.07) is 3.35. The van der Waals surface area contributed by atoms with Crippen LogP contribution >= 0.6 is 0 Å². The number of fused-ring (bicyclic) bond motifs is 1. The first kappa shape index (κ1) is 30.7. The number of carbonyl (C=O) groups is 3. The predicted octanol–water partition coefficient (Wildman–Crippen LogP) is 5.37. The van der Waals surface area contributed by atoms with E-state index in [-0.39, 0.29) is 30.1 Å². The molecule has 0 bridgehead atoms. The third-order valence-corrected chi connectivity index (χ3v) is 7.63. The lowest BCUT2D eigenvalue weighted by atomic mass is 9.96. The van der Waals surface area contributed by atoms with E-state index in [2.05, 4.69) is 15.5 Å². The first-order chi connectivity index (χ1) is 18.6. The highest BCUT2D eigenvalue weighted by Crippen LogP contribution is 2.41. The van der Waals surface area contributed by atoms with Crippen molar-refractivity contribution in [2.75, 3.05) is 33.9 Å². The standard InChI is InChI=1S/C30H47N3O6/c1-30(2,3)28(35)32-29(36)31-21-14-17-33(18-15-21)16-12-10-8-6-7-9-11-13-24-23-19-22(37-4)20-25(38-5)26(23)27(34)39-24/h19-21,24H,6-18H2,1-5H3,(H2,31,32,35,36)/t24-/m1/s1.